The summed E-state index contributed by atoms with van der Waals surface area (Å²) in [5.41, 5.74) is 2.86. The van der Waals surface area contributed by atoms with Gasteiger partial charge in [0, 0.05) is 0 Å². The smallest absolute Gasteiger partial charge is 0.115 e. The molecule has 0 fully saturated rings. The Morgan fingerprint density at radius 1 is 1.00 bits per heavy atom. The van der Waals surface area contributed by atoms with Crippen molar-refractivity contribution in [2.45, 2.75) is 27.2 Å². The molecular weight excluding hydrogens is 158 g/mol. The van der Waals surface area contributed by atoms with E-state index in [0.29, 0.717) is 11.1 Å². The molecule has 1 rings (SSSR count). The van der Waals surface area contributed by atoms with Crippen molar-refractivity contribution in [1.82, 2.24) is 0 Å². The van der Waals surface area contributed by atoms with Gasteiger partial charge < -0.3 is 0 Å². The molecule has 0 saturated carbocycles. The van der Waals surface area contributed by atoms with Gasteiger partial charge in [0.25, 0.3) is 0 Å². The van der Waals surface area contributed by atoms with Crippen LogP contribution in [0.1, 0.15) is 22.3 Å². The Bertz CT molecular complexity index is 254. The molecule has 0 spiro atoms. The molecule has 0 amide bonds. The van der Waals surface area contributed by atoms with Gasteiger partial charge in [-0.05, 0) is 30.5 Å². The second-order valence-corrected chi connectivity index (χ2v) is 2.98. The molecule has 1 aromatic carbocycles. The molecule has 0 nitrogen and oxygen atoms in total. The minimum absolute atomic E-state index is 0.513. The van der Waals surface area contributed by atoms with Crippen LogP contribution in [0.4, 0.5) is 8.78 Å². The quantitative estimate of drug-likeness (QED) is 0.639. The predicted molar refractivity (Wildman–Crippen MR) is 45.5 cm³/mol. The zero-order chi connectivity index (χ0) is 9.14. The maximum absolute atomic E-state index is 12.4. The van der Waals surface area contributed by atoms with E-state index in [4.69, 9.17) is 0 Å². The lowest BCUT2D eigenvalue weighted by atomic mass is 10.0. The summed E-state index contributed by atoms with van der Waals surface area (Å²) in [7, 11) is 0. The second-order valence-electron chi connectivity index (χ2n) is 2.98. The first-order valence-electron chi connectivity index (χ1n) is 3.90. The Balaban J connectivity index is 3.22. The van der Waals surface area contributed by atoms with E-state index < -0.39 is 13.3 Å². The van der Waals surface area contributed by atoms with Crippen LogP contribution in [0.2, 0.25) is 0 Å². The number of hydrogen-bond acceptors (Lipinski definition) is 0. The van der Waals surface area contributed by atoms with Gasteiger partial charge >= 0.3 is 0 Å². The summed E-state index contributed by atoms with van der Waals surface area (Å²) in [5, 5.41) is 0. The highest BCUT2D eigenvalue weighted by Gasteiger charge is 2.04. The van der Waals surface area contributed by atoms with E-state index in [9.17, 15) is 8.78 Å². The van der Waals surface area contributed by atoms with Crippen LogP contribution < -0.4 is 0 Å². The molecule has 0 aromatic heterocycles. The Labute approximate surface area is 71.2 Å². The van der Waals surface area contributed by atoms with Gasteiger partial charge in [-0.2, -0.15) is 0 Å². The van der Waals surface area contributed by atoms with Crippen molar-refractivity contribution < 1.29 is 8.78 Å². The average molecular weight is 170 g/mol. The molecule has 0 heterocycles. The van der Waals surface area contributed by atoms with E-state index in [2.05, 4.69) is 0 Å². The SMILES string of the molecule is Cc1cc(CF)c(C)c(CF)c1. The molecule has 0 aliphatic carbocycles. The number of rotatable bonds is 2. The molecular formula is C10H12F2. The number of alkyl halides is 2. The molecule has 0 unspecified atom stereocenters. The van der Waals surface area contributed by atoms with Crippen molar-refractivity contribution in [1.29, 1.82) is 0 Å². The van der Waals surface area contributed by atoms with Crippen molar-refractivity contribution in [2.75, 3.05) is 0 Å². The standard InChI is InChI=1S/C10H12F2/c1-7-3-9(5-11)8(2)10(4-7)6-12/h3-4H,5-6H2,1-2H3. The lowest BCUT2D eigenvalue weighted by Gasteiger charge is -2.07. The van der Waals surface area contributed by atoms with E-state index in [1.807, 2.05) is 6.92 Å². The summed E-state index contributed by atoms with van der Waals surface area (Å²) in [6, 6.07) is 3.52. The topological polar surface area (TPSA) is 0 Å². The van der Waals surface area contributed by atoms with Crippen molar-refractivity contribution in [3.8, 4) is 0 Å². The molecule has 12 heavy (non-hydrogen) atoms. The van der Waals surface area contributed by atoms with Gasteiger partial charge in [-0.3, -0.25) is 0 Å². The van der Waals surface area contributed by atoms with Crippen molar-refractivity contribution in [3.63, 3.8) is 0 Å². The first kappa shape index (κ1) is 9.17. The van der Waals surface area contributed by atoms with Gasteiger partial charge in [0.1, 0.15) is 13.3 Å². The molecule has 0 N–H and O–H groups in total. The molecule has 0 aliphatic heterocycles. The van der Waals surface area contributed by atoms with Crippen LogP contribution in [0.3, 0.4) is 0 Å². The van der Waals surface area contributed by atoms with E-state index in [1.54, 1.807) is 19.1 Å². The molecule has 2 heteroatoms. The predicted octanol–water partition coefficient (Wildman–Crippen LogP) is 3.24. The van der Waals surface area contributed by atoms with Crippen LogP contribution in [-0.4, -0.2) is 0 Å². The number of hydrogen-bond donors (Lipinski definition) is 0. The highest BCUT2D eigenvalue weighted by Crippen LogP contribution is 2.18. The average Bonchev–Trinajstić information content (AvgIpc) is 2.08. The molecule has 0 aliphatic rings. The minimum Gasteiger partial charge on any atom is -0.246 e. The van der Waals surface area contributed by atoms with Crippen LogP contribution in [0.5, 0.6) is 0 Å². The maximum Gasteiger partial charge on any atom is 0.115 e. The van der Waals surface area contributed by atoms with Crippen LogP contribution >= 0.6 is 0 Å². The van der Waals surface area contributed by atoms with Crippen molar-refractivity contribution in [3.05, 3.63) is 34.4 Å². The summed E-state index contributed by atoms with van der Waals surface area (Å²) in [5.74, 6) is 0. The Morgan fingerprint density at radius 2 is 1.42 bits per heavy atom. The molecule has 0 bridgehead atoms. The van der Waals surface area contributed by atoms with Crippen LogP contribution in [0.15, 0.2) is 12.1 Å². The minimum atomic E-state index is -0.513. The number of aryl methyl sites for hydroxylation is 1. The Kier molecular flexibility index (Phi) is 2.79. The third kappa shape index (κ3) is 1.63. The van der Waals surface area contributed by atoms with Crippen LogP contribution in [0, 0.1) is 13.8 Å². The van der Waals surface area contributed by atoms with Gasteiger partial charge in [-0.25, -0.2) is 8.78 Å². The lowest BCUT2D eigenvalue weighted by Crippen LogP contribution is -1.93. The fraction of sp³-hybridized carbons (Fsp3) is 0.400. The zero-order valence-corrected chi connectivity index (χ0v) is 7.32. The summed E-state index contributed by atoms with van der Waals surface area (Å²) in [6.45, 7) is 2.57. The first-order chi connectivity index (χ1) is 5.69. The van der Waals surface area contributed by atoms with E-state index >= 15 is 0 Å². The summed E-state index contributed by atoms with van der Waals surface area (Å²) < 4.78 is 24.7. The Morgan fingerprint density at radius 3 is 1.75 bits per heavy atom. The van der Waals surface area contributed by atoms with Crippen LogP contribution in [0.25, 0.3) is 0 Å². The summed E-state index contributed by atoms with van der Waals surface area (Å²) >= 11 is 0. The number of halogens is 2. The lowest BCUT2D eigenvalue weighted by molar-refractivity contribution is 0.471. The fourth-order valence-corrected chi connectivity index (χ4v) is 1.29. The van der Waals surface area contributed by atoms with Crippen LogP contribution in [-0.2, 0) is 13.3 Å². The van der Waals surface area contributed by atoms with Crippen molar-refractivity contribution >= 4 is 0 Å². The third-order valence-electron chi connectivity index (χ3n) is 2.06. The summed E-state index contributed by atoms with van der Waals surface area (Å²) in [6.07, 6.45) is 0. The molecule has 0 atom stereocenters. The zero-order valence-electron chi connectivity index (χ0n) is 7.32. The normalized spacial score (nSPS) is 10.3. The molecule has 0 saturated heterocycles. The second kappa shape index (κ2) is 3.65. The van der Waals surface area contributed by atoms with Gasteiger partial charge in [0.2, 0.25) is 0 Å². The fourth-order valence-electron chi connectivity index (χ4n) is 1.29. The van der Waals surface area contributed by atoms with Gasteiger partial charge in [-0.1, -0.05) is 17.7 Å². The van der Waals surface area contributed by atoms with Gasteiger partial charge in [0.05, 0.1) is 0 Å². The monoisotopic (exact) mass is 170 g/mol. The molecule has 66 valence electrons. The van der Waals surface area contributed by atoms with E-state index in [0.717, 1.165) is 11.1 Å². The molecule has 0 radical (unpaired) electrons. The van der Waals surface area contributed by atoms with Crippen molar-refractivity contribution in [2.24, 2.45) is 0 Å². The largest absolute Gasteiger partial charge is 0.246 e. The maximum atomic E-state index is 12.4. The highest BCUT2D eigenvalue weighted by atomic mass is 19.1. The molecule has 1 aromatic rings. The van der Waals surface area contributed by atoms with E-state index in [-0.39, 0.29) is 0 Å². The summed E-state index contributed by atoms with van der Waals surface area (Å²) in [4.78, 5) is 0. The number of benzene rings is 1. The highest BCUT2D eigenvalue weighted by molar-refractivity contribution is 5.37. The van der Waals surface area contributed by atoms with Gasteiger partial charge in [0.15, 0.2) is 0 Å². The first-order valence-corrected chi connectivity index (χ1v) is 3.90. The Hall–Kier alpha value is -0.920. The van der Waals surface area contributed by atoms with E-state index in [1.165, 1.54) is 0 Å². The third-order valence-corrected chi connectivity index (χ3v) is 2.06. The van der Waals surface area contributed by atoms with Gasteiger partial charge in [-0.15, -0.1) is 0 Å².